The van der Waals surface area contributed by atoms with Crippen molar-refractivity contribution in [2.24, 2.45) is 4.99 Å². The Balaban J connectivity index is 1.80. The van der Waals surface area contributed by atoms with E-state index in [4.69, 9.17) is 4.99 Å². The summed E-state index contributed by atoms with van der Waals surface area (Å²) in [4.78, 5) is 5.01. The number of aromatic hydroxyl groups is 1. The fourth-order valence-corrected chi connectivity index (χ4v) is 3.69. The average Bonchev–Trinajstić information content (AvgIpc) is 2.57. The molecule has 0 bridgehead atoms. The number of amidine groups is 1. The third-order valence-electron chi connectivity index (χ3n) is 4.99. The van der Waals surface area contributed by atoms with E-state index in [1.807, 2.05) is 18.2 Å². The largest absolute Gasteiger partial charge is 0.507 e. The number of hydrogen-bond donors (Lipinski definition) is 2. The van der Waals surface area contributed by atoms with Crippen LogP contribution < -0.4 is 5.32 Å². The zero-order chi connectivity index (χ0) is 15.2. The van der Waals surface area contributed by atoms with Gasteiger partial charge in [0.05, 0.1) is 11.6 Å². The SMILES string of the molecule is Oc1ccccc1C(=NC1CCCCC1)NC1CCCCC1. The molecule has 0 unspecified atom stereocenters. The lowest BCUT2D eigenvalue weighted by Gasteiger charge is -2.27. The summed E-state index contributed by atoms with van der Waals surface area (Å²) in [6.45, 7) is 0. The molecule has 2 fully saturated rings. The molecule has 2 aliphatic carbocycles. The fraction of sp³-hybridized carbons (Fsp3) is 0.632. The molecule has 0 atom stereocenters. The Morgan fingerprint density at radius 2 is 1.55 bits per heavy atom. The van der Waals surface area contributed by atoms with Crippen LogP contribution in [0.15, 0.2) is 29.3 Å². The minimum atomic E-state index is 0.334. The van der Waals surface area contributed by atoms with E-state index in [0.29, 0.717) is 17.8 Å². The standard InChI is InChI=1S/C19H28N2O/c22-18-14-8-7-13-17(18)19(20-15-9-3-1-4-10-15)21-16-11-5-2-6-12-16/h7-8,13-16,22H,1-6,9-12H2,(H,20,21). The minimum absolute atomic E-state index is 0.334. The molecule has 0 saturated heterocycles. The molecule has 0 radical (unpaired) electrons. The highest BCUT2D eigenvalue weighted by Crippen LogP contribution is 2.24. The summed E-state index contributed by atoms with van der Waals surface area (Å²) in [5.74, 6) is 1.25. The molecule has 2 N–H and O–H groups in total. The monoisotopic (exact) mass is 300 g/mol. The smallest absolute Gasteiger partial charge is 0.132 e. The van der Waals surface area contributed by atoms with E-state index >= 15 is 0 Å². The van der Waals surface area contributed by atoms with Crippen molar-refractivity contribution in [1.29, 1.82) is 0 Å². The molecular weight excluding hydrogens is 272 g/mol. The molecule has 2 aliphatic rings. The highest BCUT2D eigenvalue weighted by molar-refractivity contribution is 6.01. The summed E-state index contributed by atoms with van der Waals surface area (Å²) in [5, 5.41) is 13.9. The minimum Gasteiger partial charge on any atom is -0.507 e. The van der Waals surface area contributed by atoms with Gasteiger partial charge in [-0.15, -0.1) is 0 Å². The Kier molecular flexibility index (Phi) is 5.36. The molecular formula is C19H28N2O. The molecule has 0 aromatic heterocycles. The number of aliphatic imine (C=N–C) groups is 1. The Hall–Kier alpha value is -1.51. The highest BCUT2D eigenvalue weighted by Gasteiger charge is 2.19. The van der Waals surface area contributed by atoms with Gasteiger partial charge in [-0.25, -0.2) is 0 Å². The zero-order valence-corrected chi connectivity index (χ0v) is 13.4. The van der Waals surface area contributed by atoms with Gasteiger partial charge < -0.3 is 10.4 Å². The molecule has 120 valence electrons. The number of hydrogen-bond acceptors (Lipinski definition) is 2. The topological polar surface area (TPSA) is 44.6 Å². The van der Waals surface area contributed by atoms with Gasteiger partial charge in [0.1, 0.15) is 11.6 Å². The van der Waals surface area contributed by atoms with Gasteiger partial charge in [0.15, 0.2) is 0 Å². The van der Waals surface area contributed by atoms with Gasteiger partial charge in [0, 0.05) is 6.04 Å². The van der Waals surface area contributed by atoms with Crippen LogP contribution in [0.4, 0.5) is 0 Å². The van der Waals surface area contributed by atoms with Crippen molar-refractivity contribution < 1.29 is 5.11 Å². The summed E-state index contributed by atoms with van der Waals surface area (Å²) in [6.07, 6.45) is 12.7. The van der Waals surface area contributed by atoms with Crippen LogP contribution in [0.2, 0.25) is 0 Å². The lowest BCUT2D eigenvalue weighted by molar-refractivity contribution is 0.408. The van der Waals surface area contributed by atoms with Crippen molar-refractivity contribution in [1.82, 2.24) is 5.32 Å². The van der Waals surface area contributed by atoms with Crippen LogP contribution in [-0.2, 0) is 0 Å². The third-order valence-corrected chi connectivity index (χ3v) is 4.99. The first-order valence-corrected chi connectivity index (χ1v) is 8.95. The van der Waals surface area contributed by atoms with Gasteiger partial charge in [-0.1, -0.05) is 50.7 Å². The lowest BCUT2D eigenvalue weighted by atomic mass is 9.94. The zero-order valence-electron chi connectivity index (χ0n) is 13.4. The Labute approximate surface area is 133 Å². The maximum absolute atomic E-state index is 10.2. The van der Waals surface area contributed by atoms with E-state index in [2.05, 4.69) is 5.32 Å². The van der Waals surface area contributed by atoms with Gasteiger partial charge >= 0.3 is 0 Å². The third kappa shape index (κ3) is 4.02. The van der Waals surface area contributed by atoms with Crippen molar-refractivity contribution in [3.05, 3.63) is 29.8 Å². The molecule has 3 nitrogen and oxygen atoms in total. The van der Waals surface area contributed by atoms with Crippen LogP contribution >= 0.6 is 0 Å². The summed E-state index contributed by atoms with van der Waals surface area (Å²) < 4.78 is 0. The molecule has 3 heteroatoms. The molecule has 22 heavy (non-hydrogen) atoms. The van der Waals surface area contributed by atoms with Crippen molar-refractivity contribution in [3.8, 4) is 5.75 Å². The van der Waals surface area contributed by atoms with Crippen LogP contribution in [-0.4, -0.2) is 23.0 Å². The molecule has 0 amide bonds. The molecule has 1 aromatic rings. The second-order valence-corrected chi connectivity index (χ2v) is 6.77. The summed E-state index contributed by atoms with van der Waals surface area (Å²) >= 11 is 0. The van der Waals surface area contributed by atoms with Crippen molar-refractivity contribution in [3.63, 3.8) is 0 Å². The number of rotatable bonds is 3. The number of phenols is 1. The van der Waals surface area contributed by atoms with E-state index in [1.54, 1.807) is 6.07 Å². The first-order chi connectivity index (χ1) is 10.8. The van der Waals surface area contributed by atoms with E-state index in [1.165, 1.54) is 64.2 Å². The number of nitrogens with zero attached hydrogens (tertiary/aromatic N) is 1. The molecule has 1 aromatic carbocycles. The van der Waals surface area contributed by atoms with Crippen LogP contribution in [0.5, 0.6) is 5.75 Å². The van der Waals surface area contributed by atoms with E-state index < -0.39 is 0 Å². The average molecular weight is 300 g/mol. The first-order valence-electron chi connectivity index (χ1n) is 8.95. The van der Waals surface area contributed by atoms with Gasteiger partial charge in [-0.05, 0) is 37.8 Å². The quantitative estimate of drug-likeness (QED) is 0.642. The molecule has 3 rings (SSSR count). The Bertz CT molecular complexity index is 500. The molecule has 0 heterocycles. The summed E-state index contributed by atoms with van der Waals surface area (Å²) in [6, 6.07) is 8.52. The van der Waals surface area contributed by atoms with Gasteiger partial charge in [0.25, 0.3) is 0 Å². The Morgan fingerprint density at radius 3 is 2.23 bits per heavy atom. The van der Waals surface area contributed by atoms with Crippen molar-refractivity contribution >= 4 is 5.84 Å². The van der Waals surface area contributed by atoms with Crippen LogP contribution in [0.25, 0.3) is 0 Å². The Morgan fingerprint density at radius 1 is 0.909 bits per heavy atom. The maximum atomic E-state index is 10.2. The number of benzene rings is 1. The summed E-state index contributed by atoms with van der Waals surface area (Å²) in [7, 11) is 0. The number of para-hydroxylation sites is 1. The van der Waals surface area contributed by atoms with Crippen molar-refractivity contribution in [2.45, 2.75) is 76.3 Å². The van der Waals surface area contributed by atoms with Gasteiger partial charge in [-0.2, -0.15) is 0 Å². The second-order valence-electron chi connectivity index (χ2n) is 6.77. The van der Waals surface area contributed by atoms with Gasteiger partial charge in [0.2, 0.25) is 0 Å². The number of phenolic OH excluding ortho intramolecular Hbond substituents is 1. The normalized spacial score (nSPS) is 21.7. The van der Waals surface area contributed by atoms with Gasteiger partial charge in [-0.3, -0.25) is 4.99 Å². The summed E-state index contributed by atoms with van der Waals surface area (Å²) in [5.41, 5.74) is 0.860. The second kappa shape index (κ2) is 7.66. The highest BCUT2D eigenvalue weighted by atomic mass is 16.3. The van der Waals surface area contributed by atoms with E-state index in [-0.39, 0.29) is 0 Å². The fourth-order valence-electron chi connectivity index (χ4n) is 3.69. The molecule has 2 saturated carbocycles. The first kappa shape index (κ1) is 15.4. The van der Waals surface area contributed by atoms with E-state index in [0.717, 1.165) is 11.4 Å². The lowest BCUT2D eigenvalue weighted by Crippen LogP contribution is -2.37. The number of nitrogens with one attached hydrogen (secondary N) is 1. The molecule has 0 spiro atoms. The van der Waals surface area contributed by atoms with Crippen LogP contribution in [0.3, 0.4) is 0 Å². The van der Waals surface area contributed by atoms with Crippen molar-refractivity contribution in [2.75, 3.05) is 0 Å². The predicted octanol–water partition coefficient (Wildman–Crippen LogP) is 4.39. The maximum Gasteiger partial charge on any atom is 0.132 e. The predicted molar refractivity (Wildman–Crippen MR) is 91.5 cm³/mol. The van der Waals surface area contributed by atoms with Crippen LogP contribution in [0.1, 0.15) is 69.8 Å². The van der Waals surface area contributed by atoms with Crippen LogP contribution in [0, 0.1) is 0 Å². The molecule has 0 aliphatic heterocycles. The van der Waals surface area contributed by atoms with E-state index in [9.17, 15) is 5.11 Å².